The minimum Gasteiger partial charge on any atom is -0.314 e. The predicted octanol–water partition coefficient (Wildman–Crippen LogP) is 2.58. The first-order chi connectivity index (χ1) is 8.22. The Morgan fingerprint density at radius 2 is 2.18 bits per heavy atom. The second-order valence-corrected chi connectivity index (χ2v) is 6.44. The molecule has 2 atom stereocenters. The van der Waals surface area contributed by atoms with Gasteiger partial charge in [-0.15, -0.1) is 0 Å². The van der Waals surface area contributed by atoms with Crippen LogP contribution < -0.4 is 5.32 Å². The van der Waals surface area contributed by atoms with E-state index in [0.29, 0.717) is 11.3 Å². The van der Waals surface area contributed by atoms with E-state index in [-0.39, 0.29) is 0 Å². The van der Waals surface area contributed by atoms with Crippen molar-refractivity contribution in [3.63, 3.8) is 0 Å². The van der Waals surface area contributed by atoms with Crippen molar-refractivity contribution in [2.45, 2.75) is 17.8 Å². The largest absolute Gasteiger partial charge is 0.314 e. The first-order valence-electron chi connectivity index (χ1n) is 5.89. The van der Waals surface area contributed by atoms with Crippen molar-refractivity contribution in [3.05, 3.63) is 34.3 Å². The van der Waals surface area contributed by atoms with Gasteiger partial charge in [0.05, 0.1) is 0 Å². The van der Waals surface area contributed by atoms with E-state index < -0.39 is 0 Å². The van der Waals surface area contributed by atoms with E-state index in [1.165, 1.54) is 10.0 Å². The molecule has 0 amide bonds. The molecule has 17 heavy (non-hydrogen) atoms. The van der Waals surface area contributed by atoms with Gasteiger partial charge in [-0.25, -0.2) is 0 Å². The van der Waals surface area contributed by atoms with Gasteiger partial charge in [-0.2, -0.15) is 11.8 Å². The summed E-state index contributed by atoms with van der Waals surface area (Å²) >= 11 is 5.59. The van der Waals surface area contributed by atoms with E-state index in [9.17, 15) is 0 Å². The number of rotatable bonds is 4. The molecule has 1 aromatic carbocycles. The van der Waals surface area contributed by atoms with Gasteiger partial charge in [-0.05, 0) is 24.9 Å². The van der Waals surface area contributed by atoms with E-state index in [0.717, 1.165) is 19.6 Å². The molecule has 2 rings (SSSR count). The fourth-order valence-electron chi connectivity index (χ4n) is 2.33. The number of likely N-dealkylation sites (N-methyl/N-ethyl adjacent to an activating group) is 1. The van der Waals surface area contributed by atoms with Crippen LogP contribution in [0.4, 0.5) is 0 Å². The summed E-state index contributed by atoms with van der Waals surface area (Å²) < 4.78 is 1.21. The lowest BCUT2D eigenvalue weighted by Gasteiger charge is -2.28. The third kappa shape index (κ3) is 3.25. The summed E-state index contributed by atoms with van der Waals surface area (Å²) in [6, 6.07) is 9.11. The molecule has 1 N–H and O–H groups in total. The van der Waals surface area contributed by atoms with E-state index >= 15 is 0 Å². The Kier molecular flexibility index (Phi) is 4.91. The Balaban J connectivity index is 2.01. The van der Waals surface area contributed by atoms with Gasteiger partial charge in [0.1, 0.15) is 0 Å². The van der Waals surface area contributed by atoms with Crippen molar-refractivity contribution in [2.24, 2.45) is 0 Å². The highest BCUT2D eigenvalue weighted by Gasteiger charge is 2.29. The Morgan fingerprint density at radius 1 is 1.41 bits per heavy atom. The molecule has 0 aromatic heterocycles. The molecule has 0 spiro atoms. The third-order valence-corrected chi connectivity index (χ3v) is 5.23. The summed E-state index contributed by atoms with van der Waals surface area (Å²) in [6.45, 7) is 3.24. The standard InChI is InChI=1S/C13H19BrN2S/c1-16(12-7-15-8-13(12)17-2)9-10-5-3-4-6-11(10)14/h3-6,12-13,15H,7-9H2,1-2H3. The number of benzene rings is 1. The Hall–Kier alpha value is -0.0300. The molecule has 1 heterocycles. The van der Waals surface area contributed by atoms with Crippen LogP contribution in [0.2, 0.25) is 0 Å². The minimum absolute atomic E-state index is 0.636. The summed E-state index contributed by atoms with van der Waals surface area (Å²) in [5.74, 6) is 0. The lowest BCUT2D eigenvalue weighted by atomic mass is 10.1. The van der Waals surface area contributed by atoms with Gasteiger partial charge in [-0.3, -0.25) is 4.90 Å². The van der Waals surface area contributed by atoms with Gasteiger partial charge in [0.2, 0.25) is 0 Å². The summed E-state index contributed by atoms with van der Waals surface area (Å²) in [6.07, 6.45) is 2.21. The normalized spacial score (nSPS) is 24.5. The van der Waals surface area contributed by atoms with Gasteiger partial charge in [-0.1, -0.05) is 34.1 Å². The molecule has 1 aliphatic heterocycles. The highest BCUT2D eigenvalue weighted by atomic mass is 79.9. The summed E-state index contributed by atoms with van der Waals surface area (Å²) in [5.41, 5.74) is 1.36. The van der Waals surface area contributed by atoms with E-state index in [1.807, 2.05) is 11.8 Å². The second-order valence-electron chi connectivity index (χ2n) is 4.51. The minimum atomic E-state index is 0.636. The average molecular weight is 315 g/mol. The van der Waals surface area contributed by atoms with E-state index in [2.05, 4.69) is 63.7 Å². The zero-order chi connectivity index (χ0) is 12.3. The van der Waals surface area contributed by atoms with Gasteiger partial charge >= 0.3 is 0 Å². The number of hydrogen-bond donors (Lipinski definition) is 1. The molecule has 0 saturated carbocycles. The van der Waals surface area contributed by atoms with Crippen LogP contribution >= 0.6 is 27.7 Å². The maximum Gasteiger partial charge on any atom is 0.0352 e. The molecular formula is C13H19BrN2S. The van der Waals surface area contributed by atoms with E-state index in [1.54, 1.807) is 0 Å². The number of hydrogen-bond acceptors (Lipinski definition) is 3. The Labute approximate surface area is 116 Å². The first-order valence-corrected chi connectivity index (χ1v) is 7.97. The lowest BCUT2D eigenvalue weighted by molar-refractivity contribution is 0.252. The lowest BCUT2D eigenvalue weighted by Crippen LogP contribution is -2.38. The molecular weight excluding hydrogens is 296 g/mol. The maximum atomic E-state index is 3.62. The zero-order valence-corrected chi connectivity index (χ0v) is 12.7. The van der Waals surface area contributed by atoms with Crippen LogP contribution in [0.3, 0.4) is 0 Å². The average Bonchev–Trinajstić information content (AvgIpc) is 2.80. The third-order valence-electron chi connectivity index (χ3n) is 3.37. The first kappa shape index (κ1) is 13.4. The number of nitrogens with one attached hydrogen (secondary N) is 1. The monoisotopic (exact) mass is 314 g/mol. The molecule has 1 aliphatic rings. The Bertz CT molecular complexity index is 372. The van der Waals surface area contributed by atoms with Crippen LogP contribution in [0.1, 0.15) is 5.56 Å². The topological polar surface area (TPSA) is 15.3 Å². The number of thioether (sulfide) groups is 1. The Morgan fingerprint density at radius 3 is 2.88 bits per heavy atom. The van der Waals surface area contributed by atoms with Crippen LogP contribution in [0.5, 0.6) is 0 Å². The van der Waals surface area contributed by atoms with Crippen molar-refractivity contribution in [2.75, 3.05) is 26.4 Å². The summed E-state index contributed by atoms with van der Waals surface area (Å²) in [5, 5.41) is 4.19. The highest BCUT2D eigenvalue weighted by molar-refractivity contribution is 9.10. The number of nitrogens with zero attached hydrogens (tertiary/aromatic N) is 1. The van der Waals surface area contributed by atoms with Crippen molar-refractivity contribution in [1.82, 2.24) is 10.2 Å². The zero-order valence-electron chi connectivity index (χ0n) is 10.3. The summed E-state index contributed by atoms with van der Waals surface area (Å²) in [7, 11) is 2.22. The van der Waals surface area contributed by atoms with Crippen molar-refractivity contribution < 1.29 is 0 Å². The summed E-state index contributed by atoms with van der Waals surface area (Å²) in [4.78, 5) is 2.46. The molecule has 1 aromatic rings. The van der Waals surface area contributed by atoms with Crippen LogP contribution in [0, 0.1) is 0 Å². The molecule has 0 radical (unpaired) electrons. The van der Waals surface area contributed by atoms with Gasteiger partial charge in [0.15, 0.2) is 0 Å². The maximum absolute atomic E-state index is 3.62. The second kappa shape index (κ2) is 6.23. The molecule has 2 nitrogen and oxygen atoms in total. The predicted molar refractivity (Wildman–Crippen MR) is 79.6 cm³/mol. The fraction of sp³-hybridized carbons (Fsp3) is 0.538. The molecule has 1 saturated heterocycles. The SMILES string of the molecule is CSC1CNCC1N(C)Cc1ccccc1Br. The van der Waals surface area contributed by atoms with Crippen molar-refractivity contribution in [1.29, 1.82) is 0 Å². The van der Waals surface area contributed by atoms with Gasteiger partial charge in [0, 0.05) is 35.4 Å². The van der Waals surface area contributed by atoms with Crippen molar-refractivity contribution >= 4 is 27.7 Å². The molecule has 1 fully saturated rings. The van der Waals surface area contributed by atoms with Gasteiger partial charge < -0.3 is 5.32 Å². The smallest absolute Gasteiger partial charge is 0.0352 e. The highest BCUT2D eigenvalue weighted by Crippen LogP contribution is 2.23. The van der Waals surface area contributed by atoms with Crippen LogP contribution in [0.15, 0.2) is 28.7 Å². The van der Waals surface area contributed by atoms with Crippen LogP contribution in [-0.4, -0.2) is 42.6 Å². The number of halogens is 1. The van der Waals surface area contributed by atoms with Gasteiger partial charge in [0.25, 0.3) is 0 Å². The molecule has 4 heteroatoms. The molecule has 94 valence electrons. The van der Waals surface area contributed by atoms with Crippen molar-refractivity contribution in [3.8, 4) is 0 Å². The quantitative estimate of drug-likeness (QED) is 0.919. The fourth-order valence-corrected chi connectivity index (χ4v) is 3.65. The van der Waals surface area contributed by atoms with Crippen LogP contribution in [0.25, 0.3) is 0 Å². The molecule has 0 aliphatic carbocycles. The molecule has 0 bridgehead atoms. The molecule has 2 unspecified atom stereocenters. The van der Waals surface area contributed by atoms with E-state index in [4.69, 9.17) is 0 Å². The van der Waals surface area contributed by atoms with Crippen LogP contribution in [-0.2, 0) is 6.54 Å².